The fourth-order valence-corrected chi connectivity index (χ4v) is 2.51. The smallest absolute Gasteiger partial charge is 0.240 e. The van der Waals surface area contributed by atoms with Crippen molar-refractivity contribution in [3.05, 3.63) is 23.8 Å². The maximum Gasteiger partial charge on any atom is 0.240 e. The van der Waals surface area contributed by atoms with Crippen LogP contribution in [0.4, 0.5) is 5.69 Å². The Morgan fingerprint density at radius 1 is 1.50 bits per heavy atom. The molecule has 0 saturated carbocycles. The summed E-state index contributed by atoms with van der Waals surface area (Å²) in [5.41, 5.74) is 6.85. The summed E-state index contributed by atoms with van der Waals surface area (Å²) < 4.78 is 30.8. The summed E-state index contributed by atoms with van der Waals surface area (Å²) in [5, 5.41) is 9.39. The van der Waals surface area contributed by atoms with E-state index in [0.717, 1.165) is 0 Å². The predicted molar refractivity (Wildman–Crippen MR) is 68.7 cm³/mol. The zero-order valence-electron chi connectivity index (χ0n) is 10.4. The third-order valence-electron chi connectivity index (χ3n) is 2.42. The first kappa shape index (κ1) is 14.9. The van der Waals surface area contributed by atoms with Crippen molar-refractivity contribution in [2.75, 3.05) is 26.0 Å². The predicted octanol–water partition coefficient (Wildman–Crippen LogP) is -0.137. The van der Waals surface area contributed by atoms with E-state index in [4.69, 9.17) is 10.5 Å². The van der Waals surface area contributed by atoms with Gasteiger partial charge >= 0.3 is 0 Å². The van der Waals surface area contributed by atoms with Gasteiger partial charge in [0.05, 0.1) is 17.6 Å². The molecule has 1 rings (SSSR count). The highest BCUT2D eigenvalue weighted by Gasteiger charge is 2.16. The number of methoxy groups -OCH3 is 1. The molecule has 0 bridgehead atoms. The second kappa shape index (κ2) is 6.14. The number of aliphatic hydroxyl groups excluding tert-OH is 1. The second-order valence-corrected chi connectivity index (χ2v) is 5.75. The molecule has 0 aliphatic carbocycles. The molecule has 102 valence electrons. The summed E-state index contributed by atoms with van der Waals surface area (Å²) >= 11 is 0. The topological polar surface area (TPSA) is 102 Å². The van der Waals surface area contributed by atoms with Crippen LogP contribution in [0.3, 0.4) is 0 Å². The Kier molecular flexibility index (Phi) is 5.09. The highest BCUT2D eigenvalue weighted by Crippen LogP contribution is 2.16. The summed E-state index contributed by atoms with van der Waals surface area (Å²) in [4.78, 5) is 0.124. The van der Waals surface area contributed by atoms with Crippen molar-refractivity contribution in [1.82, 2.24) is 4.72 Å². The van der Waals surface area contributed by atoms with Crippen molar-refractivity contribution in [2.45, 2.75) is 17.9 Å². The molecule has 6 nitrogen and oxygen atoms in total. The fourth-order valence-electron chi connectivity index (χ4n) is 1.36. The van der Waals surface area contributed by atoms with Gasteiger partial charge in [0.25, 0.3) is 0 Å². The van der Waals surface area contributed by atoms with Crippen molar-refractivity contribution in [2.24, 2.45) is 0 Å². The maximum atomic E-state index is 11.9. The molecule has 4 N–H and O–H groups in total. The minimum atomic E-state index is -3.63. The Balaban J connectivity index is 2.77. The third-order valence-corrected chi connectivity index (χ3v) is 3.84. The summed E-state index contributed by atoms with van der Waals surface area (Å²) in [6.07, 6.45) is -0.875. The summed E-state index contributed by atoms with van der Waals surface area (Å²) in [7, 11) is -2.20. The van der Waals surface area contributed by atoms with E-state index in [-0.39, 0.29) is 18.0 Å². The molecule has 1 aromatic rings. The van der Waals surface area contributed by atoms with Crippen LogP contribution in [-0.2, 0) is 14.8 Å². The number of hydrogen-bond donors (Lipinski definition) is 3. The van der Waals surface area contributed by atoms with Gasteiger partial charge in [0.1, 0.15) is 0 Å². The van der Waals surface area contributed by atoms with Crippen LogP contribution in [0.15, 0.2) is 23.1 Å². The number of anilines is 1. The number of rotatable bonds is 6. The number of ether oxygens (including phenoxy) is 1. The van der Waals surface area contributed by atoms with Crippen LogP contribution < -0.4 is 10.5 Å². The van der Waals surface area contributed by atoms with Gasteiger partial charge < -0.3 is 15.6 Å². The van der Waals surface area contributed by atoms with Crippen LogP contribution >= 0.6 is 0 Å². The first-order chi connectivity index (χ1) is 8.36. The Bertz CT molecular complexity index is 502. The lowest BCUT2D eigenvalue weighted by molar-refractivity contribution is 0.0679. The van der Waals surface area contributed by atoms with E-state index < -0.39 is 16.1 Å². The number of nitrogens with two attached hydrogens (primary N) is 1. The van der Waals surface area contributed by atoms with Gasteiger partial charge in [-0.25, -0.2) is 13.1 Å². The van der Waals surface area contributed by atoms with Gasteiger partial charge in [-0.1, -0.05) is 0 Å². The van der Waals surface area contributed by atoms with E-state index in [1.807, 2.05) is 0 Å². The Morgan fingerprint density at radius 3 is 2.72 bits per heavy atom. The molecule has 0 aromatic heterocycles. The normalized spacial score (nSPS) is 13.5. The number of nitrogen functional groups attached to an aromatic ring is 1. The van der Waals surface area contributed by atoms with Crippen molar-refractivity contribution in [3.63, 3.8) is 0 Å². The molecule has 0 fully saturated rings. The summed E-state index contributed by atoms with van der Waals surface area (Å²) in [6.45, 7) is 1.71. The molecule has 0 heterocycles. The molecule has 0 aliphatic rings. The average Bonchev–Trinajstić information content (AvgIpc) is 2.30. The first-order valence-electron chi connectivity index (χ1n) is 5.39. The molecule has 0 aliphatic heterocycles. The van der Waals surface area contributed by atoms with Gasteiger partial charge in [0.2, 0.25) is 10.0 Å². The molecule has 18 heavy (non-hydrogen) atoms. The zero-order valence-corrected chi connectivity index (χ0v) is 11.2. The second-order valence-electron chi connectivity index (χ2n) is 3.98. The molecule has 1 atom stereocenters. The monoisotopic (exact) mass is 274 g/mol. The molecule has 1 unspecified atom stereocenters. The highest BCUT2D eigenvalue weighted by atomic mass is 32.2. The Morgan fingerprint density at radius 2 is 2.17 bits per heavy atom. The van der Waals surface area contributed by atoms with Gasteiger partial charge in [0.15, 0.2) is 0 Å². The number of aryl methyl sites for hydroxylation is 1. The van der Waals surface area contributed by atoms with Crippen LogP contribution in [-0.4, -0.2) is 39.9 Å². The Labute approximate surface area is 107 Å². The van der Waals surface area contributed by atoms with Crippen molar-refractivity contribution < 1.29 is 18.3 Å². The molecule has 0 radical (unpaired) electrons. The van der Waals surface area contributed by atoms with E-state index in [9.17, 15) is 13.5 Å². The summed E-state index contributed by atoms with van der Waals surface area (Å²) in [5.74, 6) is 0. The van der Waals surface area contributed by atoms with E-state index in [2.05, 4.69) is 4.72 Å². The lowest BCUT2D eigenvalue weighted by atomic mass is 10.2. The molecular formula is C11H18N2O4S. The largest absolute Gasteiger partial charge is 0.399 e. The molecule has 0 saturated heterocycles. The van der Waals surface area contributed by atoms with E-state index in [1.165, 1.54) is 25.3 Å². The highest BCUT2D eigenvalue weighted by molar-refractivity contribution is 7.89. The quantitative estimate of drug-likeness (QED) is 0.627. The van der Waals surface area contributed by atoms with E-state index in [0.29, 0.717) is 11.3 Å². The van der Waals surface area contributed by atoms with Crippen LogP contribution in [0.25, 0.3) is 0 Å². The average molecular weight is 274 g/mol. The van der Waals surface area contributed by atoms with Crippen molar-refractivity contribution >= 4 is 15.7 Å². The maximum absolute atomic E-state index is 11.9. The minimum Gasteiger partial charge on any atom is -0.399 e. The van der Waals surface area contributed by atoms with Crippen LogP contribution in [0.5, 0.6) is 0 Å². The van der Waals surface area contributed by atoms with Gasteiger partial charge in [-0.2, -0.15) is 0 Å². The van der Waals surface area contributed by atoms with Crippen molar-refractivity contribution in [1.29, 1.82) is 0 Å². The minimum absolute atomic E-state index is 0.0727. The first-order valence-corrected chi connectivity index (χ1v) is 6.88. The van der Waals surface area contributed by atoms with E-state index >= 15 is 0 Å². The van der Waals surface area contributed by atoms with Gasteiger partial charge in [-0.05, 0) is 30.7 Å². The number of aliphatic hydroxyl groups is 1. The van der Waals surface area contributed by atoms with Gasteiger partial charge in [-0.15, -0.1) is 0 Å². The molecule has 1 aromatic carbocycles. The summed E-state index contributed by atoms with van der Waals surface area (Å²) in [6, 6.07) is 4.45. The van der Waals surface area contributed by atoms with Gasteiger partial charge in [-0.3, -0.25) is 0 Å². The van der Waals surface area contributed by atoms with E-state index in [1.54, 1.807) is 6.92 Å². The number of benzene rings is 1. The number of hydrogen-bond acceptors (Lipinski definition) is 5. The molecule has 0 spiro atoms. The van der Waals surface area contributed by atoms with Crippen molar-refractivity contribution in [3.8, 4) is 0 Å². The number of sulfonamides is 1. The zero-order chi connectivity index (χ0) is 13.8. The fraction of sp³-hybridized carbons (Fsp3) is 0.455. The molecule has 0 amide bonds. The standard InChI is InChI=1S/C11H18N2O4S/c1-8-5-10(3-4-11(8)12)18(15,16)13-6-9(14)7-17-2/h3-5,9,13-14H,6-7,12H2,1-2H3. The SMILES string of the molecule is COCC(O)CNS(=O)(=O)c1ccc(N)c(C)c1. The van der Waals surface area contributed by atoms with Gasteiger partial charge in [0, 0.05) is 19.3 Å². The number of nitrogens with one attached hydrogen (secondary N) is 1. The lowest BCUT2D eigenvalue weighted by Crippen LogP contribution is -2.34. The van der Waals surface area contributed by atoms with Crippen LogP contribution in [0.1, 0.15) is 5.56 Å². The van der Waals surface area contributed by atoms with Crippen LogP contribution in [0, 0.1) is 6.92 Å². The third kappa shape index (κ3) is 3.95. The lowest BCUT2D eigenvalue weighted by Gasteiger charge is -2.12. The molecular weight excluding hydrogens is 256 g/mol. The molecule has 7 heteroatoms. The van der Waals surface area contributed by atoms with Crippen LogP contribution in [0.2, 0.25) is 0 Å². The Hall–Kier alpha value is -1.15.